The Morgan fingerprint density at radius 2 is 1.80 bits per heavy atom. The minimum Gasteiger partial charge on any atom is -0.496 e. The number of nitrogens with one attached hydrogen (secondary N) is 1. The number of hydrogen-bond donors (Lipinski definition) is 1. The first-order valence-corrected chi connectivity index (χ1v) is 13.2. The van der Waals surface area contributed by atoms with Crippen molar-refractivity contribution in [2.75, 3.05) is 14.2 Å². The van der Waals surface area contributed by atoms with E-state index in [0.29, 0.717) is 58.8 Å². The number of ether oxygens (including phenoxy) is 2. The zero-order valence-electron chi connectivity index (χ0n) is 23.3. The van der Waals surface area contributed by atoms with Crippen LogP contribution in [0.4, 0.5) is 0 Å². The van der Waals surface area contributed by atoms with Crippen molar-refractivity contribution in [2.24, 2.45) is 0 Å². The Morgan fingerprint density at radius 3 is 2.46 bits per heavy atom. The van der Waals surface area contributed by atoms with Crippen LogP contribution in [0.5, 0.6) is 11.6 Å². The normalized spacial score (nSPS) is 11.0. The van der Waals surface area contributed by atoms with Gasteiger partial charge in [0.05, 0.1) is 19.9 Å². The molecule has 0 aliphatic rings. The molecule has 4 heterocycles. The van der Waals surface area contributed by atoms with Crippen LogP contribution in [-0.4, -0.2) is 43.9 Å². The lowest BCUT2D eigenvalue weighted by Crippen LogP contribution is -2.29. The van der Waals surface area contributed by atoms with Gasteiger partial charge in [-0.3, -0.25) is 19.3 Å². The van der Waals surface area contributed by atoms with Crippen LogP contribution in [0.15, 0.2) is 68.8 Å². The van der Waals surface area contributed by atoms with Gasteiger partial charge in [-0.15, -0.1) is 0 Å². The van der Waals surface area contributed by atoms with Gasteiger partial charge in [-0.1, -0.05) is 48.8 Å². The second kappa shape index (κ2) is 12.0. The molecule has 0 aliphatic heterocycles. The Hall–Kier alpha value is -5.06. The standard InChI is InChI=1S/C30H30N6O5/c1-5-6-11-25-24(29(37)36(18(2)32-25)26-15-21(39-3)16-27(33-26)40-4)14-20-13-12-19(17-31-20)22-9-7-8-10-23(22)28-34-30(38)41-35-28/h7-10,12-13,15-17H,5-6,11,14H2,1-4H3,(H,34,35,38). The number of H-pyrrole nitrogens is 1. The van der Waals surface area contributed by atoms with Crippen molar-refractivity contribution < 1.29 is 14.0 Å². The third-order valence-electron chi connectivity index (χ3n) is 6.75. The summed E-state index contributed by atoms with van der Waals surface area (Å²) in [6, 6.07) is 14.7. The molecule has 0 bridgehead atoms. The van der Waals surface area contributed by atoms with E-state index in [1.54, 1.807) is 32.4 Å². The molecular formula is C30H30N6O5. The monoisotopic (exact) mass is 554 g/mol. The topological polar surface area (TPSA) is 138 Å². The fourth-order valence-corrected chi connectivity index (χ4v) is 4.68. The Balaban J connectivity index is 1.54. The van der Waals surface area contributed by atoms with Crippen LogP contribution in [0.1, 0.15) is 42.5 Å². The summed E-state index contributed by atoms with van der Waals surface area (Å²) in [6.45, 7) is 3.90. The van der Waals surface area contributed by atoms with E-state index in [0.717, 1.165) is 29.7 Å². The quantitative estimate of drug-likeness (QED) is 0.268. The lowest BCUT2D eigenvalue weighted by atomic mass is 9.99. The summed E-state index contributed by atoms with van der Waals surface area (Å²) in [5.74, 6) is 1.45. The molecule has 11 heteroatoms. The Labute approximate surface area is 235 Å². The number of pyridine rings is 2. The second-order valence-corrected chi connectivity index (χ2v) is 9.44. The summed E-state index contributed by atoms with van der Waals surface area (Å²) in [7, 11) is 3.06. The number of methoxy groups -OCH3 is 2. The maximum atomic E-state index is 14.0. The largest absolute Gasteiger partial charge is 0.496 e. The van der Waals surface area contributed by atoms with Gasteiger partial charge in [0.15, 0.2) is 5.82 Å². The highest BCUT2D eigenvalue weighted by molar-refractivity contribution is 5.79. The van der Waals surface area contributed by atoms with Gasteiger partial charge in [0.2, 0.25) is 5.88 Å². The molecule has 0 saturated carbocycles. The Bertz CT molecular complexity index is 1770. The van der Waals surface area contributed by atoms with E-state index in [4.69, 9.17) is 14.5 Å². The Kier molecular flexibility index (Phi) is 8.04. The molecule has 1 aromatic carbocycles. The van der Waals surface area contributed by atoms with Gasteiger partial charge in [-0.25, -0.2) is 14.3 Å². The summed E-state index contributed by atoms with van der Waals surface area (Å²) >= 11 is 0. The van der Waals surface area contributed by atoms with Crippen LogP contribution in [0.2, 0.25) is 0 Å². The SMILES string of the molecule is CCCCc1nc(C)n(-c2cc(OC)cc(OC)n2)c(=O)c1Cc1ccc(-c2ccccc2-c2noc(=O)[nH]2)cn1. The number of aromatic nitrogens is 6. The van der Waals surface area contributed by atoms with Crippen molar-refractivity contribution in [3.63, 3.8) is 0 Å². The molecular weight excluding hydrogens is 524 g/mol. The number of unbranched alkanes of at least 4 members (excludes halogenated alkanes) is 1. The van der Waals surface area contributed by atoms with Crippen LogP contribution in [0.25, 0.3) is 28.3 Å². The predicted octanol–water partition coefficient (Wildman–Crippen LogP) is 4.29. The second-order valence-electron chi connectivity index (χ2n) is 9.44. The fraction of sp³-hybridized carbons (Fsp3) is 0.267. The van der Waals surface area contributed by atoms with Crippen molar-refractivity contribution in [3.05, 3.63) is 98.4 Å². The molecule has 41 heavy (non-hydrogen) atoms. The van der Waals surface area contributed by atoms with Crippen LogP contribution in [0, 0.1) is 6.92 Å². The third-order valence-corrected chi connectivity index (χ3v) is 6.75. The molecule has 0 amide bonds. The van der Waals surface area contributed by atoms with Crippen LogP contribution >= 0.6 is 0 Å². The van der Waals surface area contributed by atoms with Gasteiger partial charge >= 0.3 is 5.76 Å². The molecule has 4 aromatic heterocycles. The molecule has 0 unspecified atom stereocenters. The van der Waals surface area contributed by atoms with Gasteiger partial charge in [0, 0.05) is 47.1 Å². The average Bonchev–Trinajstić information content (AvgIpc) is 3.43. The van der Waals surface area contributed by atoms with Crippen molar-refractivity contribution in [2.45, 2.75) is 39.5 Å². The molecule has 0 atom stereocenters. The van der Waals surface area contributed by atoms with Crippen LogP contribution in [0.3, 0.4) is 0 Å². The van der Waals surface area contributed by atoms with E-state index in [1.165, 1.54) is 11.7 Å². The van der Waals surface area contributed by atoms with E-state index in [1.807, 2.05) is 36.4 Å². The van der Waals surface area contributed by atoms with Crippen molar-refractivity contribution in [3.8, 4) is 40.0 Å². The molecule has 5 rings (SSSR count). The third kappa shape index (κ3) is 5.79. The maximum absolute atomic E-state index is 14.0. The minimum absolute atomic E-state index is 0.211. The van der Waals surface area contributed by atoms with Gasteiger partial charge < -0.3 is 9.47 Å². The van der Waals surface area contributed by atoms with Gasteiger partial charge in [-0.2, -0.15) is 4.98 Å². The first-order valence-electron chi connectivity index (χ1n) is 13.2. The fourth-order valence-electron chi connectivity index (χ4n) is 4.68. The zero-order chi connectivity index (χ0) is 28.9. The highest BCUT2D eigenvalue weighted by atomic mass is 16.5. The van der Waals surface area contributed by atoms with Gasteiger partial charge in [0.1, 0.15) is 17.4 Å². The number of rotatable bonds is 10. The first kappa shape index (κ1) is 27.5. The molecule has 0 fully saturated rings. The average molecular weight is 555 g/mol. The number of benzene rings is 1. The number of hydrogen-bond acceptors (Lipinski definition) is 9. The van der Waals surface area contributed by atoms with E-state index in [2.05, 4.69) is 31.6 Å². The Morgan fingerprint density at radius 1 is 1.00 bits per heavy atom. The lowest BCUT2D eigenvalue weighted by molar-refractivity contribution is 0.381. The highest BCUT2D eigenvalue weighted by Crippen LogP contribution is 2.29. The minimum atomic E-state index is -0.623. The number of nitrogens with zero attached hydrogens (tertiary/aromatic N) is 5. The first-order chi connectivity index (χ1) is 19.9. The summed E-state index contributed by atoms with van der Waals surface area (Å²) in [4.78, 5) is 42.1. The highest BCUT2D eigenvalue weighted by Gasteiger charge is 2.19. The lowest BCUT2D eigenvalue weighted by Gasteiger charge is -2.16. The molecule has 0 spiro atoms. The molecule has 210 valence electrons. The summed E-state index contributed by atoms with van der Waals surface area (Å²) in [5, 5.41) is 3.82. The van der Waals surface area contributed by atoms with Crippen LogP contribution in [-0.2, 0) is 12.8 Å². The smallest absolute Gasteiger partial charge is 0.439 e. The van der Waals surface area contributed by atoms with E-state index in [-0.39, 0.29) is 5.56 Å². The molecule has 5 aromatic rings. The van der Waals surface area contributed by atoms with Gasteiger partial charge in [0.25, 0.3) is 5.56 Å². The maximum Gasteiger partial charge on any atom is 0.439 e. The van der Waals surface area contributed by atoms with Crippen molar-refractivity contribution >= 4 is 0 Å². The molecule has 0 saturated heterocycles. The van der Waals surface area contributed by atoms with E-state index in [9.17, 15) is 9.59 Å². The number of aromatic amines is 1. The summed E-state index contributed by atoms with van der Waals surface area (Å²) in [5.41, 5.74) is 4.19. The summed E-state index contributed by atoms with van der Waals surface area (Å²) < 4.78 is 16.9. The number of aryl methyl sites for hydroxylation is 2. The van der Waals surface area contributed by atoms with E-state index >= 15 is 0 Å². The molecule has 11 nitrogen and oxygen atoms in total. The zero-order valence-corrected chi connectivity index (χ0v) is 23.3. The molecule has 1 N–H and O–H groups in total. The van der Waals surface area contributed by atoms with Crippen LogP contribution < -0.4 is 20.8 Å². The van der Waals surface area contributed by atoms with Crippen molar-refractivity contribution in [1.82, 2.24) is 29.7 Å². The van der Waals surface area contributed by atoms with Crippen molar-refractivity contribution in [1.29, 1.82) is 0 Å². The van der Waals surface area contributed by atoms with Gasteiger partial charge in [-0.05, 0) is 31.4 Å². The predicted molar refractivity (Wildman–Crippen MR) is 153 cm³/mol. The van der Waals surface area contributed by atoms with E-state index < -0.39 is 5.76 Å². The molecule has 0 aliphatic carbocycles. The molecule has 0 radical (unpaired) electrons. The summed E-state index contributed by atoms with van der Waals surface area (Å²) in [6.07, 6.45) is 4.60.